The zero-order valence-electron chi connectivity index (χ0n) is 10.3. The van der Waals surface area contributed by atoms with Gasteiger partial charge >= 0.3 is 0 Å². The molecule has 6 heteroatoms. The molecule has 20 heavy (non-hydrogen) atoms. The highest BCUT2D eigenvalue weighted by Gasteiger charge is 2.15. The van der Waals surface area contributed by atoms with Crippen LogP contribution in [-0.4, -0.2) is 24.7 Å². The molecule has 0 saturated carbocycles. The Labute approximate surface area is 113 Å². The third-order valence-corrected chi connectivity index (χ3v) is 2.96. The minimum Gasteiger partial charge on any atom is -0.330 e. The zero-order valence-corrected chi connectivity index (χ0v) is 10.3. The van der Waals surface area contributed by atoms with E-state index in [-0.39, 0.29) is 0 Å². The van der Waals surface area contributed by atoms with Crippen LogP contribution in [0.2, 0.25) is 0 Å². The van der Waals surface area contributed by atoms with Gasteiger partial charge in [0.15, 0.2) is 5.65 Å². The number of nitrogens with zero attached hydrogens (tertiary/aromatic N) is 5. The van der Waals surface area contributed by atoms with Crippen LogP contribution in [0.1, 0.15) is 0 Å². The summed E-state index contributed by atoms with van der Waals surface area (Å²) in [6.45, 7) is 0. The topological polar surface area (TPSA) is 69.1 Å². The molecule has 0 bridgehead atoms. The van der Waals surface area contributed by atoms with Crippen LogP contribution in [0.3, 0.4) is 0 Å². The highest BCUT2D eigenvalue weighted by molar-refractivity contribution is 5.57. The molecule has 6 nitrogen and oxygen atoms in total. The molecule has 3 aromatic heterocycles. The lowest BCUT2D eigenvalue weighted by Gasteiger charge is -1.92. The Morgan fingerprint density at radius 3 is 2.65 bits per heavy atom. The number of hydrogen-bond acceptors (Lipinski definition) is 5. The Kier molecular flexibility index (Phi) is 2.32. The second-order valence-corrected chi connectivity index (χ2v) is 4.24. The van der Waals surface area contributed by atoms with Gasteiger partial charge in [0.1, 0.15) is 0 Å². The second-order valence-electron chi connectivity index (χ2n) is 4.24. The van der Waals surface area contributed by atoms with Gasteiger partial charge in [-0.25, -0.2) is 0 Å². The first-order valence-corrected chi connectivity index (χ1v) is 6.11. The van der Waals surface area contributed by atoms with E-state index in [2.05, 4.69) is 20.3 Å². The van der Waals surface area contributed by atoms with Gasteiger partial charge in [-0.3, -0.25) is 4.40 Å². The molecule has 0 unspecified atom stereocenters. The van der Waals surface area contributed by atoms with E-state index >= 15 is 0 Å². The van der Waals surface area contributed by atoms with Crippen molar-refractivity contribution in [2.45, 2.75) is 0 Å². The summed E-state index contributed by atoms with van der Waals surface area (Å²) in [5, 5.41) is 12.1. The van der Waals surface area contributed by atoms with E-state index in [4.69, 9.17) is 4.52 Å². The van der Waals surface area contributed by atoms with Crippen molar-refractivity contribution in [3.8, 4) is 23.1 Å². The highest BCUT2D eigenvalue weighted by atomic mass is 16.5. The number of rotatable bonds is 2. The second kappa shape index (κ2) is 4.27. The van der Waals surface area contributed by atoms with Crippen LogP contribution in [-0.2, 0) is 0 Å². The van der Waals surface area contributed by atoms with E-state index in [9.17, 15) is 0 Å². The average molecular weight is 263 g/mol. The molecule has 0 aliphatic heterocycles. The third-order valence-electron chi connectivity index (χ3n) is 2.96. The number of aromatic nitrogens is 5. The van der Waals surface area contributed by atoms with E-state index < -0.39 is 0 Å². The summed E-state index contributed by atoms with van der Waals surface area (Å²) in [5.74, 6) is 1.42. The predicted molar refractivity (Wildman–Crippen MR) is 71.7 cm³/mol. The van der Waals surface area contributed by atoms with Crippen molar-refractivity contribution in [1.29, 1.82) is 0 Å². The van der Waals surface area contributed by atoms with E-state index in [1.807, 2.05) is 59.1 Å². The summed E-state index contributed by atoms with van der Waals surface area (Å²) in [7, 11) is 0. The van der Waals surface area contributed by atoms with E-state index in [0.29, 0.717) is 17.5 Å². The summed E-state index contributed by atoms with van der Waals surface area (Å²) >= 11 is 0. The lowest BCUT2D eigenvalue weighted by atomic mass is 10.2. The SMILES string of the molecule is c1ccc(-c2noc(-c3nnc4ccccn34)n2)cc1. The van der Waals surface area contributed by atoms with Crippen molar-refractivity contribution in [2.75, 3.05) is 0 Å². The van der Waals surface area contributed by atoms with E-state index in [1.165, 1.54) is 0 Å². The van der Waals surface area contributed by atoms with Gasteiger partial charge in [-0.2, -0.15) is 4.98 Å². The molecule has 1 aromatic carbocycles. The largest absolute Gasteiger partial charge is 0.330 e. The summed E-state index contributed by atoms with van der Waals surface area (Å²) in [4.78, 5) is 4.37. The fourth-order valence-corrected chi connectivity index (χ4v) is 2.01. The average Bonchev–Trinajstić information content (AvgIpc) is 3.14. The Morgan fingerprint density at radius 1 is 0.900 bits per heavy atom. The smallest absolute Gasteiger partial charge is 0.296 e. The molecule has 0 spiro atoms. The van der Waals surface area contributed by atoms with Crippen LogP contribution in [0.4, 0.5) is 0 Å². The van der Waals surface area contributed by atoms with Crippen molar-refractivity contribution in [3.63, 3.8) is 0 Å². The highest BCUT2D eigenvalue weighted by Crippen LogP contribution is 2.21. The molecule has 0 amide bonds. The Morgan fingerprint density at radius 2 is 1.75 bits per heavy atom. The van der Waals surface area contributed by atoms with Gasteiger partial charge in [0.05, 0.1) is 0 Å². The predicted octanol–water partition coefficient (Wildman–Crippen LogP) is 2.45. The summed E-state index contributed by atoms with van der Waals surface area (Å²) < 4.78 is 7.09. The third kappa shape index (κ3) is 1.66. The van der Waals surface area contributed by atoms with Gasteiger partial charge in [0, 0.05) is 11.8 Å². The van der Waals surface area contributed by atoms with Gasteiger partial charge < -0.3 is 4.52 Å². The fourth-order valence-electron chi connectivity index (χ4n) is 2.01. The van der Waals surface area contributed by atoms with Crippen molar-refractivity contribution >= 4 is 5.65 Å². The molecular formula is C14H9N5O. The van der Waals surface area contributed by atoms with E-state index in [1.54, 1.807) is 0 Å². The summed E-state index contributed by atoms with van der Waals surface area (Å²) in [6, 6.07) is 15.3. The molecule has 4 rings (SSSR count). The Bertz CT molecular complexity index is 865. The van der Waals surface area contributed by atoms with Crippen LogP contribution < -0.4 is 0 Å². The van der Waals surface area contributed by atoms with Crippen LogP contribution in [0, 0.1) is 0 Å². The van der Waals surface area contributed by atoms with Crippen molar-refractivity contribution in [2.24, 2.45) is 0 Å². The molecular weight excluding hydrogens is 254 g/mol. The van der Waals surface area contributed by atoms with Crippen molar-refractivity contribution in [1.82, 2.24) is 24.7 Å². The van der Waals surface area contributed by atoms with Crippen molar-refractivity contribution < 1.29 is 4.52 Å². The molecule has 0 aliphatic rings. The maximum absolute atomic E-state index is 5.29. The van der Waals surface area contributed by atoms with Gasteiger partial charge in [0.25, 0.3) is 5.89 Å². The number of pyridine rings is 1. The quantitative estimate of drug-likeness (QED) is 0.555. The Hall–Kier alpha value is -3.02. The van der Waals surface area contributed by atoms with Crippen LogP contribution in [0.5, 0.6) is 0 Å². The first-order chi connectivity index (χ1) is 9.92. The van der Waals surface area contributed by atoms with Gasteiger partial charge in [-0.1, -0.05) is 41.6 Å². The zero-order chi connectivity index (χ0) is 13.4. The molecule has 0 saturated heterocycles. The molecule has 3 heterocycles. The van der Waals surface area contributed by atoms with Crippen molar-refractivity contribution in [3.05, 3.63) is 54.7 Å². The van der Waals surface area contributed by atoms with Gasteiger partial charge in [0.2, 0.25) is 11.6 Å². The number of hydrogen-bond donors (Lipinski definition) is 0. The van der Waals surface area contributed by atoms with Crippen LogP contribution in [0.25, 0.3) is 28.8 Å². The maximum Gasteiger partial charge on any atom is 0.296 e. The first kappa shape index (κ1) is 10.9. The minimum atomic E-state index is 0.350. The maximum atomic E-state index is 5.29. The van der Waals surface area contributed by atoms with Gasteiger partial charge in [-0.15, -0.1) is 10.2 Å². The lowest BCUT2D eigenvalue weighted by Crippen LogP contribution is -1.88. The van der Waals surface area contributed by atoms with E-state index in [0.717, 1.165) is 11.2 Å². The molecule has 0 atom stereocenters. The molecule has 96 valence electrons. The fraction of sp³-hybridized carbons (Fsp3) is 0. The molecule has 0 fully saturated rings. The van der Waals surface area contributed by atoms with Crippen LogP contribution in [0.15, 0.2) is 59.3 Å². The standard InChI is InChI=1S/C14H9N5O/c1-2-6-10(7-3-1)12-15-14(20-18-12)13-17-16-11-8-4-5-9-19(11)13/h1-9H. The first-order valence-electron chi connectivity index (χ1n) is 6.11. The van der Waals surface area contributed by atoms with Gasteiger partial charge in [-0.05, 0) is 12.1 Å². The summed E-state index contributed by atoms with van der Waals surface area (Å²) in [6.07, 6.45) is 1.86. The number of fused-ring (bicyclic) bond motifs is 1. The lowest BCUT2D eigenvalue weighted by molar-refractivity contribution is 0.429. The minimum absolute atomic E-state index is 0.350. The monoisotopic (exact) mass is 263 g/mol. The summed E-state index contributed by atoms with van der Waals surface area (Å²) in [5.41, 5.74) is 1.64. The Balaban J connectivity index is 1.82. The normalized spacial score (nSPS) is 11.0. The van der Waals surface area contributed by atoms with Crippen LogP contribution >= 0.6 is 0 Å². The molecule has 4 aromatic rings. The molecule has 0 aliphatic carbocycles. The molecule has 0 radical (unpaired) electrons. The molecule has 0 N–H and O–H groups in total. The number of benzene rings is 1.